The van der Waals surface area contributed by atoms with Gasteiger partial charge in [-0.15, -0.1) is 6.42 Å². The minimum absolute atomic E-state index is 0.0699. The molecule has 0 saturated heterocycles. The van der Waals surface area contributed by atoms with Gasteiger partial charge in [-0.05, 0) is 38.0 Å². The topological polar surface area (TPSA) is 12.0 Å². The van der Waals surface area contributed by atoms with E-state index in [0.717, 1.165) is 12.0 Å². The third kappa shape index (κ3) is 4.14. The van der Waals surface area contributed by atoms with Crippen LogP contribution < -0.4 is 5.32 Å². The first-order valence-electron chi connectivity index (χ1n) is 5.08. The van der Waals surface area contributed by atoms with Crippen molar-refractivity contribution < 1.29 is 4.39 Å². The van der Waals surface area contributed by atoms with E-state index in [1.807, 2.05) is 6.92 Å². The van der Waals surface area contributed by atoms with Gasteiger partial charge in [0.1, 0.15) is 5.82 Å². The van der Waals surface area contributed by atoms with Gasteiger partial charge in [-0.2, -0.15) is 0 Å². The van der Waals surface area contributed by atoms with Crippen molar-refractivity contribution in [3.05, 3.63) is 35.6 Å². The molecule has 1 aromatic carbocycles. The number of hydrogen-bond acceptors (Lipinski definition) is 1. The Hall–Kier alpha value is -1.33. The fourth-order valence-electron chi connectivity index (χ4n) is 1.51. The summed E-state index contributed by atoms with van der Waals surface area (Å²) in [6.45, 7) is 4.01. The number of benzene rings is 1. The lowest BCUT2D eigenvalue weighted by atomic mass is 10.1. The first-order valence-corrected chi connectivity index (χ1v) is 5.08. The average Bonchev–Trinajstić information content (AvgIpc) is 2.21. The molecule has 1 aromatic rings. The summed E-state index contributed by atoms with van der Waals surface area (Å²) in [7, 11) is 0. The van der Waals surface area contributed by atoms with Gasteiger partial charge in [-0.25, -0.2) is 4.39 Å². The highest BCUT2D eigenvalue weighted by molar-refractivity contribution is 5.17. The van der Waals surface area contributed by atoms with E-state index in [0.29, 0.717) is 6.04 Å². The maximum absolute atomic E-state index is 12.6. The van der Waals surface area contributed by atoms with Crippen molar-refractivity contribution in [3.8, 4) is 12.3 Å². The first-order chi connectivity index (χ1) is 7.11. The van der Waals surface area contributed by atoms with Gasteiger partial charge in [0.15, 0.2) is 0 Å². The molecule has 0 heterocycles. The molecule has 0 aliphatic heterocycles. The van der Waals surface area contributed by atoms with Gasteiger partial charge >= 0.3 is 0 Å². The Morgan fingerprint density at radius 3 is 2.47 bits per heavy atom. The van der Waals surface area contributed by atoms with E-state index >= 15 is 0 Å². The molecule has 0 bridgehead atoms. The third-order valence-electron chi connectivity index (χ3n) is 2.24. The van der Waals surface area contributed by atoms with E-state index in [1.54, 1.807) is 12.1 Å². The maximum Gasteiger partial charge on any atom is 0.123 e. The van der Waals surface area contributed by atoms with E-state index < -0.39 is 0 Å². The summed E-state index contributed by atoms with van der Waals surface area (Å²) in [5, 5.41) is 3.26. The van der Waals surface area contributed by atoms with Crippen LogP contribution in [0.3, 0.4) is 0 Å². The van der Waals surface area contributed by atoms with E-state index in [-0.39, 0.29) is 11.9 Å². The summed E-state index contributed by atoms with van der Waals surface area (Å²) in [4.78, 5) is 0. The summed E-state index contributed by atoms with van der Waals surface area (Å²) in [6.07, 6.45) is 6.12. The fraction of sp³-hybridized carbons (Fsp3) is 0.385. The molecule has 0 aromatic heterocycles. The van der Waals surface area contributed by atoms with Crippen molar-refractivity contribution >= 4 is 0 Å². The number of hydrogen-bond donors (Lipinski definition) is 1. The Kier molecular flexibility index (Phi) is 4.33. The second kappa shape index (κ2) is 5.53. The second-order valence-corrected chi connectivity index (χ2v) is 3.79. The summed E-state index contributed by atoms with van der Waals surface area (Å²) >= 11 is 0. The van der Waals surface area contributed by atoms with Crippen LogP contribution in [0, 0.1) is 18.2 Å². The van der Waals surface area contributed by atoms with Crippen LogP contribution in [-0.4, -0.2) is 12.1 Å². The second-order valence-electron chi connectivity index (χ2n) is 3.79. The number of rotatable bonds is 4. The van der Waals surface area contributed by atoms with Crippen LogP contribution in [0.5, 0.6) is 0 Å². The molecule has 1 rings (SSSR count). The lowest BCUT2D eigenvalue weighted by Crippen LogP contribution is -2.34. The Bertz CT molecular complexity index is 337. The van der Waals surface area contributed by atoms with Gasteiger partial charge < -0.3 is 5.32 Å². The predicted octanol–water partition coefficient (Wildman–Crippen LogP) is 2.37. The molecule has 0 fully saturated rings. The molecule has 0 radical (unpaired) electrons. The van der Waals surface area contributed by atoms with Crippen molar-refractivity contribution in [2.45, 2.75) is 32.4 Å². The minimum atomic E-state index is -0.198. The lowest BCUT2D eigenvalue weighted by molar-refractivity contribution is 0.521. The largest absolute Gasteiger partial charge is 0.301 e. The summed E-state index contributed by atoms with van der Waals surface area (Å²) in [5.74, 6) is 2.42. The van der Waals surface area contributed by atoms with E-state index in [1.165, 1.54) is 12.1 Å². The van der Waals surface area contributed by atoms with Crippen LogP contribution in [0.1, 0.15) is 19.4 Å². The van der Waals surface area contributed by atoms with Crippen LogP contribution >= 0.6 is 0 Å². The quantitative estimate of drug-likeness (QED) is 0.744. The number of terminal acetylenes is 1. The number of nitrogens with one attached hydrogen (secondary N) is 1. The highest BCUT2D eigenvalue weighted by atomic mass is 19.1. The molecule has 1 N–H and O–H groups in total. The lowest BCUT2D eigenvalue weighted by Gasteiger charge is -2.16. The molecule has 0 spiro atoms. The van der Waals surface area contributed by atoms with Crippen LogP contribution in [0.15, 0.2) is 24.3 Å². The highest BCUT2D eigenvalue weighted by Crippen LogP contribution is 2.05. The van der Waals surface area contributed by atoms with Gasteiger partial charge in [0.25, 0.3) is 0 Å². The van der Waals surface area contributed by atoms with Crippen molar-refractivity contribution in [2.75, 3.05) is 0 Å². The maximum atomic E-state index is 12.6. The molecule has 0 aliphatic rings. The summed E-state index contributed by atoms with van der Waals surface area (Å²) < 4.78 is 12.6. The van der Waals surface area contributed by atoms with Gasteiger partial charge in [0, 0.05) is 6.04 Å². The molecule has 2 heteroatoms. The molecular weight excluding hydrogens is 189 g/mol. The fourth-order valence-corrected chi connectivity index (χ4v) is 1.51. The Morgan fingerprint density at radius 2 is 1.93 bits per heavy atom. The average molecular weight is 205 g/mol. The normalized spacial score (nSPS) is 14.3. The van der Waals surface area contributed by atoms with E-state index in [2.05, 4.69) is 18.2 Å². The highest BCUT2D eigenvalue weighted by Gasteiger charge is 2.05. The molecule has 2 atom stereocenters. The molecule has 0 aliphatic carbocycles. The minimum Gasteiger partial charge on any atom is -0.301 e. The van der Waals surface area contributed by atoms with Crippen LogP contribution in [0.4, 0.5) is 4.39 Å². The zero-order valence-electron chi connectivity index (χ0n) is 9.13. The van der Waals surface area contributed by atoms with E-state index in [9.17, 15) is 4.39 Å². The molecule has 1 nitrogen and oxygen atoms in total. The van der Waals surface area contributed by atoms with Crippen LogP contribution in [-0.2, 0) is 6.42 Å². The Labute approximate surface area is 90.7 Å². The van der Waals surface area contributed by atoms with Crippen molar-refractivity contribution in [1.82, 2.24) is 5.32 Å². The smallest absolute Gasteiger partial charge is 0.123 e. The summed E-state index contributed by atoms with van der Waals surface area (Å²) in [5.41, 5.74) is 1.11. The Balaban J connectivity index is 2.48. The zero-order chi connectivity index (χ0) is 11.3. The van der Waals surface area contributed by atoms with Gasteiger partial charge in [-0.1, -0.05) is 18.1 Å². The van der Waals surface area contributed by atoms with Crippen molar-refractivity contribution in [2.24, 2.45) is 0 Å². The van der Waals surface area contributed by atoms with Crippen molar-refractivity contribution in [1.29, 1.82) is 0 Å². The third-order valence-corrected chi connectivity index (χ3v) is 2.24. The van der Waals surface area contributed by atoms with E-state index in [4.69, 9.17) is 6.42 Å². The van der Waals surface area contributed by atoms with Crippen molar-refractivity contribution in [3.63, 3.8) is 0 Å². The zero-order valence-corrected chi connectivity index (χ0v) is 9.13. The molecule has 80 valence electrons. The molecule has 15 heavy (non-hydrogen) atoms. The van der Waals surface area contributed by atoms with Gasteiger partial charge in [-0.3, -0.25) is 0 Å². The Morgan fingerprint density at radius 1 is 1.33 bits per heavy atom. The summed E-state index contributed by atoms with van der Waals surface area (Å²) in [6, 6.07) is 6.92. The molecule has 0 saturated carbocycles. The van der Waals surface area contributed by atoms with Gasteiger partial charge in [0.2, 0.25) is 0 Å². The van der Waals surface area contributed by atoms with Crippen LogP contribution in [0.25, 0.3) is 0 Å². The first kappa shape index (κ1) is 11.7. The van der Waals surface area contributed by atoms with Gasteiger partial charge in [0.05, 0.1) is 6.04 Å². The molecule has 0 amide bonds. The van der Waals surface area contributed by atoms with Crippen LogP contribution in [0.2, 0.25) is 0 Å². The molecule has 2 unspecified atom stereocenters. The molecular formula is C13H16FN. The number of halogens is 1. The SMILES string of the molecule is C#CC(C)NC(C)Cc1ccc(F)cc1. The standard InChI is InChI=1S/C13H16FN/c1-4-10(2)15-11(3)9-12-5-7-13(14)8-6-12/h1,5-8,10-11,15H,9H2,2-3H3. The monoisotopic (exact) mass is 205 g/mol. The predicted molar refractivity (Wildman–Crippen MR) is 61.0 cm³/mol.